The average Bonchev–Trinajstić information content (AvgIpc) is 2.77. The van der Waals surface area contributed by atoms with E-state index in [1.807, 2.05) is 11.3 Å². The average molecular weight is 273 g/mol. The molecule has 1 N–H and O–H groups in total. The van der Waals surface area contributed by atoms with E-state index in [0.717, 1.165) is 6.54 Å². The van der Waals surface area contributed by atoms with Gasteiger partial charge in [-0.2, -0.15) is 0 Å². The molecule has 1 aromatic heterocycles. The first-order valence-corrected chi connectivity index (χ1v) is 7.86. The summed E-state index contributed by atoms with van der Waals surface area (Å²) in [6.07, 6.45) is 2.36. The topological polar surface area (TPSA) is 12.0 Å². The van der Waals surface area contributed by atoms with Crippen molar-refractivity contribution in [2.24, 2.45) is 5.92 Å². The number of nitrogens with one attached hydrogen (secondary N) is 1. The molecule has 1 nitrogen and oxygen atoms in total. The normalized spacial score (nSPS) is 12.8. The van der Waals surface area contributed by atoms with Crippen molar-refractivity contribution in [2.45, 2.75) is 33.7 Å². The maximum atomic E-state index is 3.52. The molecular formula is C17H23NS. The molecule has 0 spiro atoms. The van der Waals surface area contributed by atoms with Gasteiger partial charge in [0.05, 0.1) is 0 Å². The zero-order valence-corrected chi connectivity index (χ0v) is 13.1. The van der Waals surface area contributed by atoms with Gasteiger partial charge >= 0.3 is 0 Å². The summed E-state index contributed by atoms with van der Waals surface area (Å²) in [7, 11) is 0. The molecule has 2 aromatic rings. The van der Waals surface area contributed by atoms with E-state index in [1.165, 1.54) is 21.2 Å². The smallest absolute Gasteiger partial charge is 0.0348 e. The highest BCUT2D eigenvalue weighted by molar-refractivity contribution is 7.17. The Labute approximate surface area is 120 Å². The Hall–Kier alpha value is -1.12. The molecule has 1 heterocycles. The van der Waals surface area contributed by atoms with E-state index in [0.29, 0.717) is 12.0 Å². The predicted molar refractivity (Wildman–Crippen MR) is 87.8 cm³/mol. The number of fused-ring (bicyclic) bond motifs is 1. The SMILES string of the molecule is CC(C)NCC(=Cc1csc2ccccc12)C(C)C. The lowest BCUT2D eigenvalue weighted by molar-refractivity contribution is 0.593. The van der Waals surface area contributed by atoms with Crippen LogP contribution >= 0.6 is 11.3 Å². The second-order valence-corrected chi connectivity index (χ2v) is 6.51. The van der Waals surface area contributed by atoms with Gasteiger partial charge in [-0.25, -0.2) is 0 Å². The van der Waals surface area contributed by atoms with E-state index in [4.69, 9.17) is 0 Å². The van der Waals surface area contributed by atoms with Crippen molar-refractivity contribution in [1.82, 2.24) is 5.32 Å². The molecule has 19 heavy (non-hydrogen) atoms. The molecule has 0 aliphatic heterocycles. The third kappa shape index (κ3) is 3.68. The van der Waals surface area contributed by atoms with Crippen LogP contribution in [0.15, 0.2) is 35.2 Å². The molecule has 0 bridgehead atoms. The predicted octanol–water partition coefficient (Wildman–Crippen LogP) is 4.94. The lowest BCUT2D eigenvalue weighted by Gasteiger charge is -2.15. The van der Waals surface area contributed by atoms with Crippen LogP contribution < -0.4 is 5.32 Å². The Morgan fingerprint density at radius 3 is 2.63 bits per heavy atom. The summed E-state index contributed by atoms with van der Waals surface area (Å²) < 4.78 is 1.37. The monoisotopic (exact) mass is 273 g/mol. The van der Waals surface area contributed by atoms with E-state index >= 15 is 0 Å². The van der Waals surface area contributed by atoms with Crippen LogP contribution in [0.3, 0.4) is 0 Å². The van der Waals surface area contributed by atoms with Gasteiger partial charge in [-0.15, -0.1) is 11.3 Å². The molecule has 0 saturated heterocycles. The highest BCUT2D eigenvalue weighted by atomic mass is 32.1. The summed E-state index contributed by atoms with van der Waals surface area (Å²) >= 11 is 1.83. The van der Waals surface area contributed by atoms with Crippen LogP contribution in [0, 0.1) is 5.92 Å². The fourth-order valence-corrected chi connectivity index (χ4v) is 2.97. The Morgan fingerprint density at radius 2 is 1.95 bits per heavy atom. The van der Waals surface area contributed by atoms with Crippen molar-refractivity contribution in [1.29, 1.82) is 0 Å². The molecular weight excluding hydrogens is 250 g/mol. The second kappa shape index (κ2) is 6.36. The van der Waals surface area contributed by atoms with E-state index in [-0.39, 0.29) is 0 Å². The highest BCUT2D eigenvalue weighted by Crippen LogP contribution is 2.28. The fraction of sp³-hybridized carbons (Fsp3) is 0.412. The number of rotatable bonds is 5. The molecule has 0 aliphatic rings. The number of hydrogen-bond donors (Lipinski definition) is 1. The van der Waals surface area contributed by atoms with Crippen molar-refractivity contribution in [3.8, 4) is 0 Å². The third-order valence-corrected chi connectivity index (χ3v) is 4.29. The van der Waals surface area contributed by atoms with Gasteiger partial charge in [0.25, 0.3) is 0 Å². The molecule has 0 amide bonds. The maximum Gasteiger partial charge on any atom is 0.0348 e. The third-order valence-electron chi connectivity index (χ3n) is 3.31. The zero-order chi connectivity index (χ0) is 13.8. The molecule has 0 unspecified atom stereocenters. The number of hydrogen-bond acceptors (Lipinski definition) is 2. The van der Waals surface area contributed by atoms with Gasteiger partial charge in [0.15, 0.2) is 0 Å². The molecule has 0 saturated carbocycles. The minimum absolute atomic E-state index is 0.529. The first kappa shape index (κ1) is 14.3. The molecule has 1 aromatic carbocycles. The standard InChI is InChI=1S/C17H23NS/c1-12(2)14(10-18-13(3)4)9-15-11-19-17-8-6-5-7-16(15)17/h5-9,11-13,18H,10H2,1-4H3. The summed E-state index contributed by atoms with van der Waals surface area (Å²) in [5.41, 5.74) is 2.83. The Bertz CT molecular complexity index is 563. The van der Waals surface area contributed by atoms with Gasteiger partial charge in [0.2, 0.25) is 0 Å². The second-order valence-electron chi connectivity index (χ2n) is 5.60. The van der Waals surface area contributed by atoms with E-state index < -0.39 is 0 Å². The van der Waals surface area contributed by atoms with Gasteiger partial charge in [-0.05, 0) is 28.3 Å². The summed E-state index contributed by atoms with van der Waals surface area (Å²) in [5.74, 6) is 0.574. The van der Waals surface area contributed by atoms with Gasteiger partial charge in [0, 0.05) is 17.3 Å². The first-order valence-electron chi connectivity index (χ1n) is 6.98. The van der Waals surface area contributed by atoms with Crippen molar-refractivity contribution in [2.75, 3.05) is 6.54 Å². The van der Waals surface area contributed by atoms with Crippen LogP contribution in [0.25, 0.3) is 16.2 Å². The van der Waals surface area contributed by atoms with Gasteiger partial charge in [-0.3, -0.25) is 0 Å². The van der Waals surface area contributed by atoms with Gasteiger partial charge < -0.3 is 5.32 Å². The van der Waals surface area contributed by atoms with Crippen molar-refractivity contribution < 1.29 is 0 Å². The lowest BCUT2D eigenvalue weighted by Crippen LogP contribution is -2.26. The Kier molecular flexibility index (Phi) is 4.78. The van der Waals surface area contributed by atoms with Crippen LogP contribution in [-0.4, -0.2) is 12.6 Å². The maximum absolute atomic E-state index is 3.52. The van der Waals surface area contributed by atoms with Crippen molar-refractivity contribution >= 4 is 27.5 Å². The number of thiophene rings is 1. The van der Waals surface area contributed by atoms with Crippen LogP contribution in [0.2, 0.25) is 0 Å². The summed E-state index contributed by atoms with van der Waals surface area (Å²) in [4.78, 5) is 0. The number of benzene rings is 1. The summed E-state index contributed by atoms with van der Waals surface area (Å²) in [6.45, 7) is 9.89. The molecule has 0 radical (unpaired) electrons. The Morgan fingerprint density at radius 1 is 1.21 bits per heavy atom. The first-order chi connectivity index (χ1) is 9.08. The fourth-order valence-electron chi connectivity index (χ4n) is 2.05. The molecule has 0 aliphatic carbocycles. The van der Waals surface area contributed by atoms with E-state index in [1.54, 1.807) is 0 Å². The molecule has 102 valence electrons. The zero-order valence-electron chi connectivity index (χ0n) is 12.2. The van der Waals surface area contributed by atoms with Crippen molar-refractivity contribution in [3.05, 3.63) is 40.8 Å². The van der Waals surface area contributed by atoms with Crippen LogP contribution in [0.1, 0.15) is 33.3 Å². The minimum Gasteiger partial charge on any atom is -0.311 e. The molecule has 2 heteroatoms. The molecule has 0 fully saturated rings. The minimum atomic E-state index is 0.529. The van der Waals surface area contributed by atoms with E-state index in [9.17, 15) is 0 Å². The molecule has 2 rings (SSSR count). The van der Waals surface area contributed by atoms with E-state index in [2.05, 4.69) is 68.7 Å². The molecule has 0 atom stereocenters. The van der Waals surface area contributed by atoms with Crippen LogP contribution in [-0.2, 0) is 0 Å². The quantitative estimate of drug-likeness (QED) is 0.813. The van der Waals surface area contributed by atoms with Gasteiger partial charge in [-0.1, -0.05) is 57.5 Å². The summed E-state index contributed by atoms with van der Waals surface area (Å²) in [5, 5.41) is 7.16. The van der Waals surface area contributed by atoms with Crippen LogP contribution in [0.4, 0.5) is 0 Å². The largest absolute Gasteiger partial charge is 0.311 e. The highest BCUT2D eigenvalue weighted by Gasteiger charge is 2.07. The lowest BCUT2D eigenvalue weighted by atomic mass is 9.99. The van der Waals surface area contributed by atoms with Gasteiger partial charge in [0.1, 0.15) is 0 Å². The van der Waals surface area contributed by atoms with Crippen LogP contribution in [0.5, 0.6) is 0 Å². The summed E-state index contributed by atoms with van der Waals surface area (Å²) in [6, 6.07) is 9.16. The Balaban J connectivity index is 2.30. The van der Waals surface area contributed by atoms with Crippen molar-refractivity contribution in [3.63, 3.8) is 0 Å².